The molecule has 14 heteroatoms. The fourth-order valence-corrected chi connectivity index (χ4v) is 3.51. The summed E-state index contributed by atoms with van der Waals surface area (Å²) in [5.74, 6) is -0.959. The van der Waals surface area contributed by atoms with E-state index >= 15 is 0 Å². The van der Waals surface area contributed by atoms with Gasteiger partial charge in [-0.15, -0.1) is 4.34 Å². The molecule has 0 radical (unpaired) electrons. The molecule has 2 aliphatic heterocycles. The van der Waals surface area contributed by atoms with Crippen molar-refractivity contribution in [3.63, 3.8) is 0 Å². The summed E-state index contributed by atoms with van der Waals surface area (Å²) in [5.41, 5.74) is -2.58. The number of carboxylic acid groups (broad SMARTS) is 1. The second-order valence-electron chi connectivity index (χ2n) is 5.97. The molecule has 144 valence electrons. The van der Waals surface area contributed by atoms with Crippen LogP contribution in [0, 0.1) is 0 Å². The molecule has 27 heavy (non-hydrogen) atoms. The Bertz CT molecular complexity index is 1110. The van der Waals surface area contributed by atoms with Crippen molar-refractivity contribution in [1.82, 2.24) is 19.1 Å². The van der Waals surface area contributed by atoms with Crippen LogP contribution in [0.4, 0.5) is 4.79 Å². The SMILES string of the molecule is O=C1N=c2c(n(CCCN3CCNC(C(=O)O)C3)c(=O)n(P(=O)=O)c2=O)=N1. The lowest BCUT2D eigenvalue weighted by Gasteiger charge is -2.31. The zero-order valence-electron chi connectivity index (χ0n) is 13.9. The second-order valence-corrected chi connectivity index (χ2v) is 6.84. The standard InChI is InChI=1S/C13H15N6O7P/c20-10-8-9(16-12(23)15-8)18(13(24)19(10)27(25)26)4-1-3-17-5-2-14-7(6-17)11(21)22/h7,14H,1-6H2,(H,21,22). The molecule has 1 saturated heterocycles. The zero-order chi connectivity index (χ0) is 19.7. The Balaban J connectivity index is 1.85. The molecule has 2 N–H and O–H groups in total. The number of rotatable bonds is 6. The Kier molecular flexibility index (Phi) is 5.26. The highest BCUT2D eigenvalue weighted by molar-refractivity contribution is 7.28. The third-order valence-electron chi connectivity index (χ3n) is 4.26. The van der Waals surface area contributed by atoms with Crippen molar-refractivity contribution in [2.75, 3.05) is 26.2 Å². The van der Waals surface area contributed by atoms with Crippen LogP contribution in [0.15, 0.2) is 19.6 Å². The zero-order valence-corrected chi connectivity index (χ0v) is 14.8. The number of carbonyl (C=O) groups excluding carboxylic acids is 1. The molecule has 3 rings (SSSR count). The minimum atomic E-state index is -3.54. The summed E-state index contributed by atoms with van der Waals surface area (Å²) in [6.07, 6.45) is 0.343. The molecule has 1 unspecified atom stereocenters. The molecular weight excluding hydrogens is 383 g/mol. The number of aromatic nitrogens is 2. The van der Waals surface area contributed by atoms with E-state index in [1.807, 2.05) is 4.90 Å². The molecular formula is C13H15N6O7P. The van der Waals surface area contributed by atoms with Gasteiger partial charge < -0.3 is 10.4 Å². The number of piperazine rings is 1. The van der Waals surface area contributed by atoms with Gasteiger partial charge in [0.1, 0.15) is 6.04 Å². The Hall–Kier alpha value is -2.76. The van der Waals surface area contributed by atoms with Gasteiger partial charge in [0.2, 0.25) is 0 Å². The number of carbonyl (C=O) groups is 2. The van der Waals surface area contributed by atoms with Gasteiger partial charge in [-0.3, -0.25) is 19.1 Å². The molecule has 1 aromatic heterocycles. The molecule has 0 aliphatic carbocycles. The predicted octanol–water partition coefficient (Wildman–Crippen LogP) is -2.93. The van der Waals surface area contributed by atoms with E-state index in [1.54, 1.807) is 0 Å². The third-order valence-corrected chi connectivity index (χ3v) is 4.94. The molecule has 2 amide bonds. The minimum absolute atomic E-state index is 0.0153. The van der Waals surface area contributed by atoms with Crippen LogP contribution in [0.2, 0.25) is 0 Å². The molecule has 0 spiro atoms. The van der Waals surface area contributed by atoms with E-state index in [-0.39, 0.29) is 22.9 Å². The van der Waals surface area contributed by atoms with E-state index < -0.39 is 42.5 Å². The topological polar surface area (TPSA) is 172 Å². The highest BCUT2D eigenvalue weighted by Gasteiger charge is 2.25. The average molecular weight is 398 g/mol. The number of carboxylic acids is 1. The highest BCUT2D eigenvalue weighted by Crippen LogP contribution is 2.02. The van der Waals surface area contributed by atoms with Crippen molar-refractivity contribution in [1.29, 1.82) is 0 Å². The second kappa shape index (κ2) is 7.47. The lowest BCUT2D eigenvalue weighted by Crippen LogP contribution is -2.56. The molecule has 0 bridgehead atoms. The van der Waals surface area contributed by atoms with Gasteiger partial charge >= 0.3 is 25.5 Å². The van der Waals surface area contributed by atoms with Gasteiger partial charge in [0.25, 0.3) is 5.56 Å². The summed E-state index contributed by atoms with van der Waals surface area (Å²) in [6, 6.07) is -1.68. The maximum atomic E-state index is 12.3. The van der Waals surface area contributed by atoms with Crippen molar-refractivity contribution in [2.45, 2.75) is 19.0 Å². The van der Waals surface area contributed by atoms with Gasteiger partial charge in [-0.2, -0.15) is 9.98 Å². The lowest BCUT2D eigenvalue weighted by atomic mass is 10.2. The summed E-state index contributed by atoms with van der Waals surface area (Å²) >= 11 is 0. The maximum absolute atomic E-state index is 12.3. The van der Waals surface area contributed by atoms with Crippen LogP contribution < -0.4 is 27.4 Å². The van der Waals surface area contributed by atoms with Crippen LogP contribution in [-0.4, -0.2) is 63.1 Å². The number of urea groups is 1. The first-order chi connectivity index (χ1) is 12.8. The van der Waals surface area contributed by atoms with Gasteiger partial charge in [0.05, 0.1) is 0 Å². The van der Waals surface area contributed by atoms with Crippen LogP contribution in [0.5, 0.6) is 0 Å². The first kappa shape index (κ1) is 19.0. The van der Waals surface area contributed by atoms with Gasteiger partial charge in [0.15, 0.2) is 10.8 Å². The predicted molar refractivity (Wildman–Crippen MR) is 86.8 cm³/mol. The molecule has 1 atom stereocenters. The fraction of sp³-hybridized carbons (Fsp3) is 0.538. The molecule has 3 heterocycles. The van der Waals surface area contributed by atoms with E-state index in [0.29, 0.717) is 26.1 Å². The molecule has 2 aliphatic rings. The number of hydrogen-bond donors (Lipinski definition) is 2. The van der Waals surface area contributed by atoms with Crippen molar-refractivity contribution in [3.05, 3.63) is 31.7 Å². The van der Waals surface area contributed by atoms with Gasteiger partial charge in [-0.25, -0.2) is 18.7 Å². The molecule has 13 nitrogen and oxygen atoms in total. The summed E-state index contributed by atoms with van der Waals surface area (Å²) in [4.78, 5) is 55.6. The Labute approximate surface area is 150 Å². The van der Waals surface area contributed by atoms with Crippen LogP contribution in [-0.2, 0) is 20.5 Å². The number of fused-ring (bicyclic) bond motifs is 1. The number of nitrogens with one attached hydrogen (secondary N) is 1. The number of aliphatic carboxylic acids is 1. The monoisotopic (exact) mass is 398 g/mol. The van der Waals surface area contributed by atoms with E-state index in [2.05, 4.69) is 15.3 Å². The number of amides is 2. The van der Waals surface area contributed by atoms with Gasteiger partial charge in [-0.1, -0.05) is 0 Å². The van der Waals surface area contributed by atoms with Crippen molar-refractivity contribution >= 4 is 19.8 Å². The van der Waals surface area contributed by atoms with E-state index in [1.165, 1.54) is 0 Å². The third kappa shape index (κ3) is 3.70. The van der Waals surface area contributed by atoms with Crippen molar-refractivity contribution in [3.8, 4) is 0 Å². The summed E-state index contributed by atoms with van der Waals surface area (Å²) in [5, 5.41) is 11.4. The van der Waals surface area contributed by atoms with Crippen LogP contribution in [0.3, 0.4) is 0 Å². The normalized spacial score (nSPS) is 19.3. The average Bonchev–Trinajstić information content (AvgIpc) is 2.99. The summed E-state index contributed by atoms with van der Waals surface area (Å²) in [7, 11) is -3.54. The van der Waals surface area contributed by atoms with Crippen molar-refractivity contribution < 1.29 is 23.8 Å². The van der Waals surface area contributed by atoms with E-state index in [0.717, 1.165) is 4.57 Å². The molecule has 1 aromatic rings. The van der Waals surface area contributed by atoms with Gasteiger partial charge in [-0.05, 0) is 13.0 Å². The van der Waals surface area contributed by atoms with Crippen molar-refractivity contribution in [2.24, 2.45) is 9.98 Å². The van der Waals surface area contributed by atoms with Crippen LogP contribution in [0.1, 0.15) is 6.42 Å². The first-order valence-electron chi connectivity index (χ1n) is 8.00. The summed E-state index contributed by atoms with van der Waals surface area (Å²) in [6.45, 7) is 1.81. The highest BCUT2D eigenvalue weighted by atomic mass is 31.1. The summed E-state index contributed by atoms with van der Waals surface area (Å²) < 4.78 is 23.5. The van der Waals surface area contributed by atoms with Crippen LogP contribution >= 0.6 is 7.83 Å². The number of hydrogen-bond acceptors (Lipinski definition) is 8. The Morgan fingerprint density at radius 3 is 2.63 bits per heavy atom. The largest absolute Gasteiger partial charge is 0.480 e. The minimum Gasteiger partial charge on any atom is -0.480 e. The number of nitrogens with zero attached hydrogens (tertiary/aromatic N) is 5. The fourth-order valence-electron chi connectivity index (χ4n) is 3.02. The maximum Gasteiger partial charge on any atom is 0.438 e. The van der Waals surface area contributed by atoms with E-state index in [9.17, 15) is 28.3 Å². The Morgan fingerprint density at radius 2 is 1.96 bits per heavy atom. The van der Waals surface area contributed by atoms with E-state index in [4.69, 9.17) is 5.11 Å². The van der Waals surface area contributed by atoms with Crippen LogP contribution in [0.25, 0.3) is 0 Å². The smallest absolute Gasteiger partial charge is 0.438 e. The Morgan fingerprint density at radius 1 is 1.22 bits per heavy atom. The quantitative estimate of drug-likeness (QED) is 0.476. The molecule has 0 aromatic carbocycles. The van der Waals surface area contributed by atoms with Gasteiger partial charge in [0, 0.05) is 26.2 Å². The lowest BCUT2D eigenvalue weighted by molar-refractivity contribution is -0.140. The first-order valence-corrected chi connectivity index (χ1v) is 9.13. The molecule has 1 fully saturated rings. The molecule has 0 saturated carbocycles.